The second kappa shape index (κ2) is 8.65. The summed E-state index contributed by atoms with van der Waals surface area (Å²) >= 11 is 0. The highest BCUT2D eigenvalue weighted by Gasteiger charge is 2.42. The van der Waals surface area contributed by atoms with E-state index in [0.29, 0.717) is 13.2 Å². The van der Waals surface area contributed by atoms with Crippen LogP contribution in [0, 0.1) is 0 Å². The van der Waals surface area contributed by atoms with Gasteiger partial charge in [-0.05, 0) is 42.0 Å². The Bertz CT molecular complexity index is 1090. The van der Waals surface area contributed by atoms with Crippen molar-refractivity contribution in [1.82, 2.24) is 14.9 Å². The van der Waals surface area contributed by atoms with Crippen LogP contribution in [0.15, 0.2) is 90.5 Å². The maximum absolute atomic E-state index is 13.3. The molecule has 6 heteroatoms. The van der Waals surface area contributed by atoms with E-state index >= 15 is 0 Å². The molecule has 6 nitrogen and oxygen atoms in total. The number of fused-ring (bicyclic) bond motifs is 5. The molecule has 164 valence electrons. The number of hydrazine groups is 1. The van der Waals surface area contributed by atoms with Crippen molar-refractivity contribution in [3.63, 3.8) is 0 Å². The van der Waals surface area contributed by atoms with Gasteiger partial charge in [0.05, 0.1) is 12.7 Å². The van der Waals surface area contributed by atoms with Gasteiger partial charge in [0, 0.05) is 12.7 Å². The molecule has 3 heterocycles. The predicted octanol–water partition coefficient (Wildman–Crippen LogP) is 3.65. The van der Waals surface area contributed by atoms with Crippen molar-refractivity contribution in [1.29, 1.82) is 0 Å². The largest absolute Gasteiger partial charge is 0.507 e. The van der Waals surface area contributed by atoms with E-state index in [0.717, 1.165) is 24.8 Å². The maximum Gasteiger partial charge on any atom is 0.276 e. The molecule has 3 unspecified atom stereocenters. The van der Waals surface area contributed by atoms with Crippen molar-refractivity contribution >= 4 is 5.91 Å². The monoisotopic (exact) mass is 429 g/mol. The van der Waals surface area contributed by atoms with Crippen molar-refractivity contribution in [3.05, 3.63) is 107 Å². The third-order valence-electron chi connectivity index (χ3n) is 6.32. The summed E-state index contributed by atoms with van der Waals surface area (Å²) in [6.45, 7) is 0.914. The summed E-state index contributed by atoms with van der Waals surface area (Å²) in [7, 11) is 0. The summed E-state index contributed by atoms with van der Waals surface area (Å²) < 4.78 is 0. The number of carbonyl (C=O) groups is 1. The van der Waals surface area contributed by atoms with Gasteiger partial charge in [-0.3, -0.25) is 9.80 Å². The van der Waals surface area contributed by atoms with Crippen LogP contribution in [0.2, 0.25) is 0 Å². The number of nitrogens with zero attached hydrogens (tertiary/aromatic N) is 3. The van der Waals surface area contributed by atoms with Crippen LogP contribution in [0.25, 0.3) is 0 Å². The van der Waals surface area contributed by atoms with E-state index < -0.39 is 6.10 Å². The minimum atomic E-state index is -1.19. The zero-order chi connectivity index (χ0) is 22.1. The van der Waals surface area contributed by atoms with Crippen molar-refractivity contribution in [2.45, 2.75) is 31.4 Å². The number of aliphatic hydroxyl groups is 2. The molecule has 2 aromatic carbocycles. The predicted molar refractivity (Wildman–Crippen MR) is 122 cm³/mol. The lowest BCUT2D eigenvalue weighted by Crippen LogP contribution is -2.58. The lowest BCUT2D eigenvalue weighted by molar-refractivity contribution is -0.149. The Kier molecular flexibility index (Phi) is 5.55. The molecule has 0 saturated carbocycles. The van der Waals surface area contributed by atoms with E-state index in [1.165, 1.54) is 17.2 Å². The fraction of sp³-hybridized carbons (Fsp3) is 0.269. The van der Waals surface area contributed by atoms with Crippen LogP contribution in [0.5, 0.6) is 0 Å². The second-order valence-corrected chi connectivity index (χ2v) is 8.33. The molecule has 0 spiro atoms. The molecular weight excluding hydrogens is 402 g/mol. The minimum absolute atomic E-state index is 0.116. The number of aryl methyl sites for hydroxylation is 1. The Morgan fingerprint density at radius 1 is 0.938 bits per heavy atom. The van der Waals surface area contributed by atoms with E-state index in [1.54, 1.807) is 16.1 Å². The van der Waals surface area contributed by atoms with Gasteiger partial charge in [0.15, 0.2) is 11.5 Å². The van der Waals surface area contributed by atoms with E-state index in [-0.39, 0.29) is 23.4 Å². The number of aliphatic hydroxyl groups excluding tert-OH is 2. The highest BCUT2D eigenvalue weighted by Crippen LogP contribution is 2.38. The molecule has 0 aliphatic carbocycles. The Balaban J connectivity index is 1.71. The molecule has 5 rings (SSSR count). The number of benzene rings is 2. The molecule has 2 N–H and O–H groups in total. The number of carbonyl (C=O) groups excluding carboxylic acids is 1. The maximum atomic E-state index is 13.3. The van der Waals surface area contributed by atoms with Crippen LogP contribution < -0.4 is 0 Å². The molecule has 1 amide bonds. The highest BCUT2D eigenvalue weighted by atomic mass is 16.3. The summed E-state index contributed by atoms with van der Waals surface area (Å²) in [6.07, 6.45) is 8.92. The number of allylic oxidation sites excluding steroid dienone is 1. The second-order valence-electron chi connectivity index (χ2n) is 8.33. The molecule has 32 heavy (non-hydrogen) atoms. The van der Waals surface area contributed by atoms with Crippen molar-refractivity contribution in [2.24, 2.45) is 0 Å². The Labute approximate surface area is 188 Å². The first-order valence-electron chi connectivity index (χ1n) is 11.1. The van der Waals surface area contributed by atoms with Gasteiger partial charge in [-0.15, -0.1) is 0 Å². The van der Waals surface area contributed by atoms with Crippen molar-refractivity contribution < 1.29 is 15.0 Å². The average Bonchev–Trinajstić information content (AvgIpc) is 2.81. The number of amides is 1. The zero-order valence-electron chi connectivity index (χ0n) is 17.8. The fourth-order valence-electron chi connectivity index (χ4n) is 4.72. The molecule has 2 bridgehead atoms. The smallest absolute Gasteiger partial charge is 0.276 e. The zero-order valence-corrected chi connectivity index (χ0v) is 17.8. The van der Waals surface area contributed by atoms with Crippen LogP contribution in [0.3, 0.4) is 0 Å². The Morgan fingerprint density at radius 2 is 1.69 bits per heavy atom. The minimum Gasteiger partial charge on any atom is -0.507 e. The average molecular weight is 430 g/mol. The molecule has 3 atom stereocenters. The lowest BCUT2D eigenvalue weighted by atomic mass is 9.91. The van der Waals surface area contributed by atoms with Gasteiger partial charge in [-0.1, -0.05) is 66.7 Å². The third kappa shape index (κ3) is 3.61. The first-order chi connectivity index (χ1) is 15.6. The Morgan fingerprint density at radius 3 is 2.53 bits per heavy atom. The summed E-state index contributed by atoms with van der Waals surface area (Å²) in [5.41, 5.74) is 3.64. The van der Waals surface area contributed by atoms with Gasteiger partial charge >= 0.3 is 0 Å². The number of rotatable bonds is 1. The summed E-state index contributed by atoms with van der Waals surface area (Å²) in [6, 6.07) is 18.5. The Hall–Kier alpha value is -3.35. The molecule has 1 fully saturated rings. The first-order valence-corrected chi connectivity index (χ1v) is 11.1. The molecule has 1 saturated heterocycles. The number of hydrogen-bond acceptors (Lipinski definition) is 5. The highest BCUT2D eigenvalue weighted by molar-refractivity contribution is 5.94. The molecule has 3 aliphatic rings. The van der Waals surface area contributed by atoms with Gasteiger partial charge < -0.3 is 15.1 Å². The van der Waals surface area contributed by atoms with Gasteiger partial charge in [0.2, 0.25) is 0 Å². The summed E-state index contributed by atoms with van der Waals surface area (Å²) in [4.78, 5) is 15.1. The van der Waals surface area contributed by atoms with Gasteiger partial charge in [-0.25, -0.2) is 0 Å². The van der Waals surface area contributed by atoms with E-state index in [2.05, 4.69) is 47.5 Å². The van der Waals surface area contributed by atoms with Crippen LogP contribution in [0.4, 0.5) is 0 Å². The van der Waals surface area contributed by atoms with Crippen LogP contribution in [-0.4, -0.2) is 50.4 Å². The van der Waals surface area contributed by atoms with E-state index in [1.807, 2.05) is 24.3 Å². The molecule has 0 radical (unpaired) electrons. The standard InChI is InChI=1S/C26H27N3O3/c30-22-15-17-28-24(25(22)31)26(32)27-16-9-2-1-4-10-19-11-7-8-14-21(19)23(29(28)18-27)20-12-5-3-6-13-20/h1-3,5-8,11-15,17,22-23,30-31H,4,9-10,16,18H2/b2-1+. The van der Waals surface area contributed by atoms with Gasteiger partial charge in [0.1, 0.15) is 6.10 Å². The topological polar surface area (TPSA) is 67.2 Å². The first kappa shape index (κ1) is 20.5. The van der Waals surface area contributed by atoms with Crippen molar-refractivity contribution in [2.75, 3.05) is 13.2 Å². The normalized spacial score (nSPS) is 26.7. The van der Waals surface area contributed by atoms with Crippen molar-refractivity contribution in [3.8, 4) is 0 Å². The lowest BCUT2D eigenvalue weighted by Gasteiger charge is -2.49. The van der Waals surface area contributed by atoms with Crippen LogP contribution in [0.1, 0.15) is 35.6 Å². The summed E-state index contributed by atoms with van der Waals surface area (Å²) in [5.74, 6) is -0.581. The molecule has 0 aromatic heterocycles. The van der Waals surface area contributed by atoms with Crippen LogP contribution >= 0.6 is 0 Å². The summed E-state index contributed by atoms with van der Waals surface area (Å²) in [5, 5.41) is 24.7. The number of hydrogen-bond donors (Lipinski definition) is 2. The van der Waals surface area contributed by atoms with Gasteiger partial charge in [0.25, 0.3) is 5.91 Å². The molecular formula is C26H27N3O3. The molecule has 3 aliphatic heterocycles. The third-order valence-corrected chi connectivity index (χ3v) is 6.32. The quantitative estimate of drug-likeness (QED) is 0.678. The van der Waals surface area contributed by atoms with Crippen LogP contribution in [-0.2, 0) is 11.2 Å². The SMILES string of the molecule is O=C1C2=C(O)C(O)C=CN2N2CN1CC/C=C/CCc1ccccc1C2c1ccccc1. The van der Waals surface area contributed by atoms with E-state index in [9.17, 15) is 15.0 Å². The van der Waals surface area contributed by atoms with E-state index in [4.69, 9.17) is 0 Å². The van der Waals surface area contributed by atoms with Gasteiger partial charge in [-0.2, -0.15) is 5.01 Å². The fourth-order valence-corrected chi connectivity index (χ4v) is 4.72. The molecule has 2 aromatic rings.